The lowest BCUT2D eigenvalue weighted by Crippen LogP contribution is -2.19. The van der Waals surface area contributed by atoms with E-state index in [0.29, 0.717) is 29.8 Å². The Labute approximate surface area is 109 Å². The quantitative estimate of drug-likeness (QED) is 0.771. The lowest BCUT2D eigenvalue weighted by atomic mass is 10.0. The molecular weight excluding hydrogens is 268 g/mol. The van der Waals surface area contributed by atoms with Crippen LogP contribution >= 0.6 is 0 Å². The second-order valence-electron chi connectivity index (χ2n) is 4.49. The number of phenolic OH excluding ortho intramolecular Hbond substituents is 1. The van der Waals surface area contributed by atoms with Crippen molar-refractivity contribution >= 4 is 26.9 Å². The summed E-state index contributed by atoms with van der Waals surface area (Å²) in [6.07, 6.45) is 0.608. The van der Waals surface area contributed by atoms with E-state index in [4.69, 9.17) is 0 Å². The molecule has 0 saturated heterocycles. The molecule has 1 aromatic carbocycles. The maximum atomic E-state index is 11.6. The summed E-state index contributed by atoms with van der Waals surface area (Å²) < 4.78 is 33.5. The van der Waals surface area contributed by atoms with Crippen LogP contribution in [-0.4, -0.2) is 34.3 Å². The molecule has 1 aliphatic heterocycles. The Bertz CT molecular complexity index is 818. The summed E-state index contributed by atoms with van der Waals surface area (Å²) in [7, 11) is -4.45. The third-order valence-corrected chi connectivity index (χ3v) is 4.14. The van der Waals surface area contributed by atoms with Gasteiger partial charge in [-0.2, -0.15) is 8.42 Å². The smallest absolute Gasteiger partial charge is 0.364 e. The van der Waals surface area contributed by atoms with E-state index in [1.165, 1.54) is 12.1 Å². The molecule has 0 amide bonds. The zero-order valence-corrected chi connectivity index (χ0v) is 11.0. The van der Waals surface area contributed by atoms with Crippen molar-refractivity contribution in [2.24, 2.45) is 4.99 Å². The average Bonchev–Trinajstić information content (AvgIpc) is 2.63. The van der Waals surface area contributed by atoms with E-state index in [9.17, 15) is 18.1 Å². The topological polar surface area (TPSA) is 91.9 Å². The molecule has 2 N–H and O–H groups in total. The first kappa shape index (κ1) is 12.2. The van der Waals surface area contributed by atoms with Crippen LogP contribution in [0, 0.1) is 0 Å². The summed E-state index contributed by atoms with van der Waals surface area (Å²) in [5.41, 5.74) is 2.06. The molecule has 0 spiro atoms. The fraction of sp³-hybridized carbons (Fsp3) is 0.250. The fourth-order valence-corrected chi connectivity index (χ4v) is 3.45. The van der Waals surface area contributed by atoms with Crippen molar-refractivity contribution in [2.45, 2.75) is 13.3 Å². The minimum atomic E-state index is -4.45. The standard InChI is InChI=1S/C12H12N2O4S/c1-7-12-10(4-5-13-7)9-3-2-8(15)6-11(9)14(12)19(16,17)18/h2-3,6,15H,4-5H2,1H3,(H,16,17,18). The number of hydrogen-bond acceptors (Lipinski definition) is 4. The first-order valence-electron chi connectivity index (χ1n) is 5.75. The van der Waals surface area contributed by atoms with E-state index >= 15 is 0 Å². The molecule has 0 radical (unpaired) electrons. The molecule has 0 aliphatic carbocycles. The summed E-state index contributed by atoms with van der Waals surface area (Å²) in [4.78, 5) is 4.22. The van der Waals surface area contributed by atoms with Crippen LogP contribution < -0.4 is 0 Å². The van der Waals surface area contributed by atoms with E-state index in [0.717, 1.165) is 9.54 Å². The molecule has 100 valence electrons. The van der Waals surface area contributed by atoms with Gasteiger partial charge in [0.2, 0.25) is 0 Å². The largest absolute Gasteiger partial charge is 0.508 e. The van der Waals surface area contributed by atoms with Crippen LogP contribution in [0.2, 0.25) is 0 Å². The van der Waals surface area contributed by atoms with Gasteiger partial charge in [-0.05, 0) is 31.0 Å². The lowest BCUT2D eigenvalue weighted by Gasteiger charge is -2.12. The highest BCUT2D eigenvalue weighted by molar-refractivity contribution is 7.84. The second-order valence-corrected chi connectivity index (χ2v) is 5.75. The van der Waals surface area contributed by atoms with E-state index in [1.807, 2.05) is 0 Å². The Morgan fingerprint density at radius 2 is 2.11 bits per heavy atom. The van der Waals surface area contributed by atoms with Gasteiger partial charge in [0.15, 0.2) is 0 Å². The number of fused-ring (bicyclic) bond motifs is 3. The normalized spacial score (nSPS) is 15.4. The third kappa shape index (κ3) is 1.73. The molecule has 1 aromatic heterocycles. The van der Waals surface area contributed by atoms with Crippen LogP contribution in [0.5, 0.6) is 5.75 Å². The Hall–Kier alpha value is -1.86. The summed E-state index contributed by atoms with van der Waals surface area (Å²) in [5.74, 6) is -0.0539. The highest BCUT2D eigenvalue weighted by Crippen LogP contribution is 2.32. The number of nitrogens with zero attached hydrogens (tertiary/aromatic N) is 2. The Balaban J connectivity index is 2.56. The number of aromatic hydroxyl groups is 1. The van der Waals surface area contributed by atoms with Gasteiger partial charge in [-0.25, -0.2) is 3.97 Å². The summed E-state index contributed by atoms with van der Waals surface area (Å²) >= 11 is 0. The monoisotopic (exact) mass is 280 g/mol. The first-order chi connectivity index (χ1) is 8.89. The van der Waals surface area contributed by atoms with Gasteiger partial charge in [0.1, 0.15) is 5.75 Å². The van der Waals surface area contributed by atoms with E-state index < -0.39 is 10.3 Å². The highest BCUT2D eigenvalue weighted by Gasteiger charge is 2.27. The molecule has 0 fully saturated rings. The van der Waals surface area contributed by atoms with Crippen LogP contribution in [0.15, 0.2) is 23.2 Å². The van der Waals surface area contributed by atoms with Gasteiger partial charge in [-0.3, -0.25) is 9.55 Å². The van der Waals surface area contributed by atoms with Crippen molar-refractivity contribution < 1.29 is 18.1 Å². The van der Waals surface area contributed by atoms with Gasteiger partial charge in [0, 0.05) is 18.0 Å². The molecular formula is C12H12N2O4S. The maximum Gasteiger partial charge on any atom is 0.364 e. The second kappa shape index (κ2) is 3.82. The number of hydrogen-bond donors (Lipinski definition) is 2. The number of phenols is 1. The van der Waals surface area contributed by atoms with E-state index in [-0.39, 0.29) is 11.3 Å². The van der Waals surface area contributed by atoms with Crippen LogP contribution in [-0.2, 0) is 16.7 Å². The van der Waals surface area contributed by atoms with Crippen molar-refractivity contribution in [1.82, 2.24) is 3.97 Å². The van der Waals surface area contributed by atoms with Crippen molar-refractivity contribution in [3.05, 3.63) is 29.5 Å². The number of rotatable bonds is 1. The van der Waals surface area contributed by atoms with Gasteiger partial charge in [-0.1, -0.05) is 0 Å². The summed E-state index contributed by atoms with van der Waals surface area (Å²) in [5, 5.41) is 10.2. The Kier molecular flexibility index (Phi) is 2.45. The van der Waals surface area contributed by atoms with E-state index in [2.05, 4.69) is 4.99 Å². The van der Waals surface area contributed by atoms with Gasteiger partial charge in [0.05, 0.1) is 16.9 Å². The van der Waals surface area contributed by atoms with Crippen LogP contribution in [0.3, 0.4) is 0 Å². The van der Waals surface area contributed by atoms with Crippen molar-refractivity contribution in [3.8, 4) is 5.75 Å². The minimum Gasteiger partial charge on any atom is -0.508 e. The predicted octanol–water partition coefficient (Wildman–Crippen LogP) is 1.36. The molecule has 0 bridgehead atoms. The predicted molar refractivity (Wildman–Crippen MR) is 71.3 cm³/mol. The van der Waals surface area contributed by atoms with Crippen LogP contribution in [0.4, 0.5) is 0 Å². The average molecular weight is 280 g/mol. The van der Waals surface area contributed by atoms with Crippen molar-refractivity contribution in [3.63, 3.8) is 0 Å². The van der Waals surface area contributed by atoms with Gasteiger partial charge >= 0.3 is 10.3 Å². The number of aliphatic imine (C=N–C) groups is 1. The summed E-state index contributed by atoms with van der Waals surface area (Å²) in [6, 6.07) is 4.48. The van der Waals surface area contributed by atoms with Crippen LogP contribution in [0.25, 0.3) is 10.9 Å². The van der Waals surface area contributed by atoms with E-state index in [1.54, 1.807) is 13.0 Å². The SMILES string of the molecule is CC1=NCCc2c1n(S(=O)(=O)O)c1cc(O)ccc21. The summed E-state index contributed by atoms with van der Waals surface area (Å²) in [6.45, 7) is 2.29. The number of benzene rings is 1. The molecule has 2 heterocycles. The minimum absolute atomic E-state index is 0.0539. The maximum absolute atomic E-state index is 11.6. The fourth-order valence-electron chi connectivity index (χ4n) is 2.58. The number of aromatic nitrogens is 1. The molecule has 6 nitrogen and oxygen atoms in total. The Morgan fingerprint density at radius 1 is 1.37 bits per heavy atom. The first-order valence-corrected chi connectivity index (χ1v) is 7.15. The van der Waals surface area contributed by atoms with Gasteiger partial charge in [0.25, 0.3) is 0 Å². The Morgan fingerprint density at radius 3 is 2.79 bits per heavy atom. The highest BCUT2D eigenvalue weighted by atomic mass is 32.2. The van der Waals surface area contributed by atoms with Crippen molar-refractivity contribution in [2.75, 3.05) is 6.54 Å². The van der Waals surface area contributed by atoms with Crippen LogP contribution in [0.1, 0.15) is 18.2 Å². The van der Waals surface area contributed by atoms with Gasteiger partial charge < -0.3 is 5.11 Å². The van der Waals surface area contributed by atoms with Gasteiger partial charge in [-0.15, -0.1) is 0 Å². The zero-order chi connectivity index (χ0) is 13.8. The molecule has 19 heavy (non-hydrogen) atoms. The molecule has 0 saturated carbocycles. The molecule has 0 atom stereocenters. The lowest BCUT2D eigenvalue weighted by molar-refractivity contribution is 0.473. The molecule has 2 aromatic rings. The van der Waals surface area contributed by atoms with Crippen molar-refractivity contribution in [1.29, 1.82) is 0 Å². The molecule has 1 aliphatic rings. The molecule has 0 unspecified atom stereocenters. The zero-order valence-electron chi connectivity index (χ0n) is 10.2. The molecule has 3 rings (SSSR count). The third-order valence-electron chi connectivity index (χ3n) is 3.30. The molecule has 7 heteroatoms.